The Morgan fingerprint density at radius 1 is 0.967 bits per heavy atom. The molecule has 150 valence electrons. The summed E-state index contributed by atoms with van der Waals surface area (Å²) in [5.41, 5.74) is 2.92. The molecule has 4 aromatic rings. The Morgan fingerprint density at radius 2 is 1.77 bits per heavy atom. The first-order valence-electron chi connectivity index (χ1n) is 9.63. The van der Waals surface area contributed by atoms with Gasteiger partial charge in [-0.05, 0) is 61.5 Å². The first-order chi connectivity index (χ1) is 14.7. The monoisotopic (exact) mass is 399 g/mol. The average Bonchev–Trinajstić information content (AvgIpc) is 2.79. The molecule has 0 radical (unpaired) electrons. The van der Waals surface area contributed by atoms with Crippen LogP contribution in [0.15, 0.2) is 72.8 Å². The molecule has 1 aromatic heterocycles. The highest BCUT2D eigenvalue weighted by Crippen LogP contribution is 2.28. The van der Waals surface area contributed by atoms with E-state index in [0.717, 1.165) is 27.9 Å². The number of anilines is 2. The maximum Gasteiger partial charge on any atom is 0.338 e. The predicted octanol–water partition coefficient (Wildman–Crippen LogP) is 5.23. The highest BCUT2D eigenvalue weighted by atomic mass is 16.5. The standard InChI is InChI=1S/C24H21N3O3/c1-3-30-24(28)17-7-6-8-18(15-17)25-23-20-9-4-5-10-21(20)26-22(27-23)16-11-13-19(29-2)14-12-16/h4-15H,3H2,1-2H3,(H,25,26,27). The molecule has 0 bridgehead atoms. The Morgan fingerprint density at radius 3 is 2.53 bits per heavy atom. The number of hydrogen-bond acceptors (Lipinski definition) is 6. The largest absolute Gasteiger partial charge is 0.497 e. The number of rotatable bonds is 6. The number of hydrogen-bond donors (Lipinski definition) is 1. The molecule has 1 heterocycles. The topological polar surface area (TPSA) is 73.3 Å². The number of carbonyl (C=O) groups excluding carboxylic acids is 1. The van der Waals surface area contributed by atoms with Crippen LogP contribution in [0.1, 0.15) is 17.3 Å². The average molecular weight is 399 g/mol. The van der Waals surface area contributed by atoms with E-state index in [2.05, 4.69) is 5.32 Å². The van der Waals surface area contributed by atoms with Gasteiger partial charge in [0, 0.05) is 16.6 Å². The van der Waals surface area contributed by atoms with Gasteiger partial charge in [-0.15, -0.1) is 0 Å². The van der Waals surface area contributed by atoms with E-state index in [1.807, 2.05) is 60.7 Å². The van der Waals surface area contributed by atoms with E-state index in [1.165, 1.54) is 0 Å². The van der Waals surface area contributed by atoms with E-state index in [4.69, 9.17) is 19.4 Å². The smallest absolute Gasteiger partial charge is 0.338 e. The van der Waals surface area contributed by atoms with Crippen molar-refractivity contribution in [2.24, 2.45) is 0 Å². The van der Waals surface area contributed by atoms with E-state index in [9.17, 15) is 4.79 Å². The number of methoxy groups -OCH3 is 1. The summed E-state index contributed by atoms with van der Waals surface area (Å²) in [6.07, 6.45) is 0. The van der Waals surface area contributed by atoms with Crippen molar-refractivity contribution < 1.29 is 14.3 Å². The molecule has 3 aromatic carbocycles. The van der Waals surface area contributed by atoms with Crippen LogP contribution in [0, 0.1) is 0 Å². The van der Waals surface area contributed by atoms with E-state index in [0.29, 0.717) is 23.8 Å². The van der Waals surface area contributed by atoms with Crippen molar-refractivity contribution >= 4 is 28.4 Å². The molecule has 0 aliphatic carbocycles. The molecule has 6 heteroatoms. The van der Waals surface area contributed by atoms with Crippen LogP contribution in [0.3, 0.4) is 0 Å². The lowest BCUT2D eigenvalue weighted by Crippen LogP contribution is -2.05. The number of benzene rings is 3. The number of nitrogens with one attached hydrogen (secondary N) is 1. The van der Waals surface area contributed by atoms with Crippen LogP contribution in [0.2, 0.25) is 0 Å². The second kappa shape index (κ2) is 8.61. The fourth-order valence-corrected chi connectivity index (χ4v) is 3.12. The number of fused-ring (bicyclic) bond motifs is 1. The zero-order valence-electron chi connectivity index (χ0n) is 16.8. The molecule has 0 amide bonds. The molecule has 0 aliphatic heterocycles. The Balaban J connectivity index is 1.74. The molecule has 0 fully saturated rings. The molecule has 0 aliphatic rings. The summed E-state index contributed by atoms with van der Waals surface area (Å²) in [4.78, 5) is 21.5. The van der Waals surface area contributed by atoms with E-state index < -0.39 is 0 Å². The second-order valence-corrected chi connectivity index (χ2v) is 6.57. The van der Waals surface area contributed by atoms with Gasteiger partial charge in [0.1, 0.15) is 11.6 Å². The third kappa shape index (κ3) is 4.07. The van der Waals surface area contributed by atoms with Crippen LogP contribution < -0.4 is 10.1 Å². The summed E-state index contributed by atoms with van der Waals surface area (Å²) in [5, 5.41) is 4.22. The second-order valence-electron chi connectivity index (χ2n) is 6.57. The fraction of sp³-hybridized carbons (Fsp3) is 0.125. The van der Waals surface area contributed by atoms with Gasteiger partial charge in [0.25, 0.3) is 0 Å². The van der Waals surface area contributed by atoms with Gasteiger partial charge in [0.2, 0.25) is 0 Å². The first-order valence-corrected chi connectivity index (χ1v) is 9.63. The van der Waals surface area contributed by atoms with Gasteiger partial charge < -0.3 is 14.8 Å². The van der Waals surface area contributed by atoms with Gasteiger partial charge in [-0.2, -0.15) is 0 Å². The molecule has 1 N–H and O–H groups in total. The third-order valence-corrected chi connectivity index (χ3v) is 4.59. The number of esters is 1. The predicted molar refractivity (Wildman–Crippen MR) is 117 cm³/mol. The molecular weight excluding hydrogens is 378 g/mol. The molecule has 30 heavy (non-hydrogen) atoms. The third-order valence-electron chi connectivity index (χ3n) is 4.59. The van der Waals surface area contributed by atoms with Crippen LogP contribution >= 0.6 is 0 Å². The van der Waals surface area contributed by atoms with Crippen molar-refractivity contribution in [3.05, 3.63) is 78.4 Å². The molecule has 4 rings (SSSR count). The lowest BCUT2D eigenvalue weighted by atomic mass is 10.1. The van der Waals surface area contributed by atoms with Crippen LogP contribution in [0.25, 0.3) is 22.3 Å². The van der Waals surface area contributed by atoms with Gasteiger partial charge in [0.15, 0.2) is 5.82 Å². The van der Waals surface area contributed by atoms with Crippen molar-refractivity contribution in [1.29, 1.82) is 0 Å². The first kappa shape index (κ1) is 19.4. The minimum atomic E-state index is -0.354. The number of ether oxygens (including phenoxy) is 2. The van der Waals surface area contributed by atoms with Gasteiger partial charge in [0.05, 0.1) is 24.8 Å². The minimum absolute atomic E-state index is 0.332. The molecule has 0 unspecified atom stereocenters. The van der Waals surface area contributed by atoms with Crippen LogP contribution in [0.4, 0.5) is 11.5 Å². The Labute approximate surface area is 174 Å². The van der Waals surface area contributed by atoms with Crippen molar-refractivity contribution in [3.8, 4) is 17.1 Å². The fourth-order valence-electron chi connectivity index (χ4n) is 3.12. The van der Waals surface area contributed by atoms with Gasteiger partial charge >= 0.3 is 5.97 Å². The summed E-state index contributed by atoms with van der Waals surface area (Å²) in [5.74, 6) is 1.68. The maximum absolute atomic E-state index is 12.1. The number of aromatic nitrogens is 2. The van der Waals surface area contributed by atoms with Crippen molar-refractivity contribution in [2.45, 2.75) is 6.92 Å². The van der Waals surface area contributed by atoms with E-state index in [1.54, 1.807) is 26.2 Å². The molecular formula is C24H21N3O3. The number of para-hydroxylation sites is 1. The van der Waals surface area contributed by atoms with Crippen LogP contribution in [0.5, 0.6) is 5.75 Å². The Bertz CT molecular complexity index is 1190. The normalized spacial score (nSPS) is 10.6. The van der Waals surface area contributed by atoms with Gasteiger partial charge in [-0.25, -0.2) is 14.8 Å². The SMILES string of the molecule is CCOC(=O)c1cccc(Nc2nc(-c3ccc(OC)cc3)nc3ccccc23)c1. The van der Waals surface area contributed by atoms with E-state index >= 15 is 0 Å². The Hall–Kier alpha value is -3.93. The van der Waals surface area contributed by atoms with Crippen molar-refractivity contribution in [2.75, 3.05) is 19.0 Å². The summed E-state index contributed by atoms with van der Waals surface area (Å²) in [6.45, 7) is 2.12. The highest BCUT2D eigenvalue weighted by Gasteiger charge is 2.12. The van der Waals surface area contributed by atoms with Crippen LogP contribution in [-0.4, -0.2) is 29.7 Å². The van der Waals surface area contributed by atoms with Gasteiger partial charge in [-0.1, -0.05) is 18.2 Å². The summed E-state index contributed by atoms with van der Waals surface area (Å²) in [7, 11) is 1.63. The van der Waals surface area contributed by atoms with Crippen molar-refractivity contribution in [1.82, 2.24) is 9.97 Å². The highest BCUT2D eigenvalue weighted by molar-refractivity contribution is 5.94. The maximum atomic E-state index is 12.1. The molecule has 0 saturated heterocycles. The molecule has 0 atom stereocenters. The van der Waals surface area contributed by atoms with E-state index in [-0.39, 0.29) is 5.97 Å². The zero-order chi connectivity index (χ0) is 20.9. The number of nitrogens with zero attached hydrogens (tertiary/aromatic N) is 2. The molecule has 0 saturated carbocycles. The Kier molecular flexibility index (Phi) is 5.57. The zero-order valence-corrected chi connectivity index (χ0v) is 16.8. The quantitative estimate of drug-likeness (QED) is 0.448. The summed E-state index contributed by atoms with van der Waals surface area (Å²) in [6, 6.07) is 22.6. The molecule has 0 spiro atoms. The van der Waals surface area contributed by atoms with Crippen LogP contribution in [-0.2, 0) is 4.74 Å². The van der Waals surface area contributed by atoms with Gasteiger partial charge in [-0.3, -0.25) is 0 Å². The molecule has 6 nitrogen and oxygen atoms in total. The lowest BCUT2D eigenvalue weighted by molar-refractivity contribution is 0.0526. The summed E-state index contributed by atoms with van der Waals surface area (Å²) >= 11 is 0. The van der Waals surface area contributed by atoms with Crippen molar-refractivity contribution in [3.63, 3.8) is 0 Å². The summed E-state index contributed by atoms with van der Waals surface area (Å²) < 4.78 is 10.3. The minimum Gasteiger partial charge on any atom is -0.497 e. The lowest BCUT2D eigenvalue weighted by Gasteiger charge is -2.12. The number of carbonyl (C=O) groups is 1.